The predicted molar refractivity (Wildman–Crippen MR) is 36.4 cm³/mol. The lowest BCUT2D eigenvalue weighted by Gasteiger charge is -2.23. The molecule has 0 radical (unpaired) electrons. The highest BCUT2D eigenvalue weighted by atomic mass is 32.2. The normalized spacial score (nSPS) is 19.6. The lowest BCUT2D eigenvalue weighted by atomic mass is 10.4. The van der Waals surface area contributed by atoms with Crippen molar-refractivity contribution in [2.24, 2.45) is 0 Å². The number of rotatable bonds is 1. The van der Waals surface area contributed by atoms with Crippen LogP contribution < -0.4 is 0 Å². The summed E-state index contributed by atoms with van der Waals surface area (Å²) in [6.07, 6.45) is 3.65. The number of aromatic nitrogens is 3. The zero-order chi connectivity index (χ0) is 6.10. The minimum Gasteiger partial charge on any atom is -0.248 e. The van der Waals surface area contributed by atoms with Gasteiger partial charge in [-0.15, -0.1) is 5.10 Å². The second-order valence-corrected chi connectivity index (χ2v) is 3.15. The van der Waals surface area contributed by atoms with E-state index in [4.69, 9.17) is 0 Å². The van der Waals surface area contributed by atoms with E-state index < -0.39 is 0 Å². The van der Waals surface area contributed by atoms with Crippen molar-refractivity contribution >= 4 is 11.8 Å². The smallest absolute Gasteiger partial charge is 0.0717 e. The Bertz CT molecular complexity index is 180. The highest BCUT2D eigenvalue weighted by Crippen LogP contribution is 2.27. The van der Waals surface area contributed by atoms with Crippen LogP contribution in [0.15, 0.2) is 12.4 Å². The number of nitrogens with zero attached hydrogens (tertiary/aromatic N) is 3. The molecule has 0 atom stereocenters. The quantitative estimate of drug-likeness (QED) is 0.572. The number of thioether (sulfide) groups is 1. The van der Waals surface area contributed by atoms with E-state index in [-0.39, 0.29) is 0 Å². The first-order valence-corrected chi connectivity index (χ1v) is 4.06. The molecule has 3 nitrogen and oxygen atoms in total. The Labute approximate surface area is 57.4 Å². The van der Waals surface area contributed by atoms with E-state index in [0.717, 1.165) is 0 Å². The molecule has 0 unspecified atom stereocenters. The third-order valence-corrected chi connectivity index (χ3v) is 2.68. The van der Waals surface area contributed by atoms with Gasteiger partial charge in [-0.1, -0.05) is 5.21 Å². The molecule has 0 amide bonds. The molecule has 4 heteroatoms. The summed E-state index contributed by atoms with van der Waals surface area (Å²) < 4.78 is 1.93. The van der Waals surface area contributed by atoms with Crippen molar-refractivity contribution in [1.29, 1.82) is 0 Å². The zero-order valence-electron chi connectivity index (χ0n) is 4.90. The van der Waals surface area contributed by atoms with Gasteiger partial charge in [0.25, 0.3) is 0 Å². The average molecular weight is 141 g/mol. The van der Waals surface area contributed by atoms with Crippen molar-refractivity contribution in [2.45, 2.75) is 6.04 Å². The summed E-state index contributed by atoms with van der Waals surface area (Å²) in [6, 6.07) is 0.623. The summed E-state index contributed by atoms with van der Waals surface area (Å²) in [6.45, 7) is 0. The van der Waals surface area contributed by atoms with Crippen LogP contribution in [0.5, 0.6) is 0 Å². The molecule has 0 N–H and O–H groups in total. The van der Waals surface area contributed by atoms with Crippen LogP contribution in [0.2, 0.25) is 0 Å². The van der Waals surface area contributed by atoms with Crippen LogP contribution >= 0.6 is 11.8 Å². The molecule has 0 aliphatic carbocycles. The second-order valence-electron chi connectivity index (χ2n) is 2.07. The van der Waals surface area contributed by atoms with Crippen molar-refractivity contribution in [3.63, 3.8) is 0 Å². The van der Waals surface area contributed by atoms with Crippen molar-refractivity contribution in [2.75, 3.05) is 11.5 Å². The molecule has 2 heterocycles. The Morgan fingerprint density at radius 2 is 2.44 bits per heavy atom. The van der Waals surface area contributed by atoms with E-state index in [1.165, 1.54) is 11.5 Å². The first-order valence-electron chi connectivity index (χ1n) is 2.90. The molecule has 0 bridgehead atoms. The molecule has 1 aromatic rings. The van der Waals surface area contributed by atoms with Crippen molar-refractivity contribution in [3.05, 3.63) is 12.4 Å². The minimum atomic E-state index is 0.623. The highest BCUT2D eigenvalue weighted by molar-refractivity contribution is 8.00. The first-order chi connectivity index (χ1) is 4.47. The van der Waals surface area contributed by atoms with Gasteiger partial charge in [-0.25, -0.2) is 4.68 Å². The van der Waals surface area contributed by atoms with E-state index in [9.17, 15) is 0 Å². The summed E-state index contributed by atoms with van der Waals surface area (Å²) in [4.78, 5) is 0. The van der Waals surface area contributed by atoms with Gasteiger partial charge in [0.2, 0.25) is 0 Å². The van der Waals surface area contributed by atoms with E-state index in [1.807, 2.05) is 22.6 Å². The summed E-state index contributed by atoms with van der Waals surface area (Å²) >= 11 is 1.95. The van der Waals surface area contributed by atoms with Crippen LogP contribution in [0, 0.1) is 0 Å². The zero-order valence-corrected chi connectivity index (χ0v) is 5.71. The van der Waals surface area contributed by atoms with Crippen molar-refractivity contribution < 1.29 is 0 Å². The first kappa shape index (κ1) is 5.29. The minimum absolute atomic E-state index is 0.623. The third-order valence-electron chi connectivity index (χ3n) is 1.44. The molecular formula is C5H7N3S. The Morgan fingerprint density at radius 1 is 1.56 bits per heavy atom. The molecule has 1 fully saturated rings. The van der Waals surface area contributed by atoms with E-state index >= 15 is 0 Å². The van der Waals surface area contributed by atoms with Gasteiger partial charge in [-0.05, 0) is 0 Å². The summed E-state index contributed by atoms with van der Waals surface area (Å²) in [7, 11) is 0. The Hall–Kier alpha value is -0.510. The maximum absolute atomic E-state index is 3.89. The SMILES string of the molecule is c1cn(C2CSC2)nn1. The fourth-order valence-corrected chi connectivity index (χ4v) is 1.54. The molecule has 1 aliphatic heterocycles. The molecule has 2 rings (SSSR count). The van der Waals surface area contributed by atoms with Gasteiger partial charge in [0.1, 0.15) is 0 Å². The summed E-state index contributed by atoms with van der Waals surface area (Å²) in [5.74, 6) is 2.40. The van der Waals surface area contributed by atoms with Gasteiger partial charge in [-0.2, -0.15) is 11.8 Å². The highest BCUT2D eigenvalue weighted by Gasteiger charge is 2.19. The van der Waals surface area contributed by atoms with Gasteiger partial charge < -0.3 is 0 Å². The van der Waals surface area contributed by atoms with Crippen LogP contribution in [-0.4, -0.2) is 26.5 Å². The van der Waals surface area contributed by atoms with E-state index in [0.29, 0.717) is 6.04 Å². The summed E-state index contributed by atoms with van der Waals surface area (Å²) in [5.41, 5.74) is 0. The van der Waals surface area contributed by atoms with Crippen LogP contribution in [-0.2, 0) is 0 Å². The van der Waals surface area contributed by atoms with Gasteiger partial charge in [0, 0.05) is 17.7 Å². The van der Waals surface area contributed by atoms with Crippen molar-refractivity contribution in [1.82, 2.24) is 15.0 Å². The fraction of sp³-hybridized carbons (Fsp3) is 0.600. The molecule has 1 aromatic heterocycles. The molecule has 1 aliphatic rings. The van der Waals surface area contributed by atoms with Crippen LogP contribution in [0.4, 0.5) is 0 Å². The maximum Gasteiger partial charge on any atom is 0.0717 e. The molecule has 9 heavy (non-hydrogen) atoms. The molecule has 1 saturated heterocycles. The van der Waals surface area contributed by atoms with Gasteiger partial charge in [0.15, 0.2) is 0 Å². The van der Waals surface area contributed by atoms with Gasteiger partial charge in [0.05, 0.1) is 12.2 Å². The molecule has 0 saturated carbocycles. The van der Waals surface area contributed by atoms with E-state index in [2.05, 4.69) is 10.3 Å². The predicted octanol–water partition coefficient (Wildman–Crippen LogP) is 0.566. The topological polar surface area (TPSA) is 30.7 Å². The maximum atomic E-state index is 3.89. The van der Waals surface area contributed by atoms with Crippen molar-refractivity contribution in [3.8, 4) is 0 Å². The second kappa shape index (κ2) is 2.02. The average Bonchev–Trinajstić information content (AvgIpc) is 2.11. The lowest BCUT2D eigenvalue weighted by molar-refractivity contribution is 0.509. The van der Waals surface area contributed by atoms with Gasteiger partial charge in [-0.3, -0.25) is 0 Å². The van der Waals surface area contributed by atoms with Crippen LogP contribution in [0.1, 0.15) is 6.04 Å². The molecular weight excluding hydrogens is 134 g/mol. The monoisotopic (exact) mass is 141 g/mol. The standard InChI is InChI=1S/C5H7N3S/c1-2-8(7-6-1)5-3-9-4-5/h1-2,5H,3-4H2. The third kappa shape index (κ3) is 0.830. The van der Waals surface area contributed by atoms with Crippen LogP contribution in [0.3, 0.4) is 0 Å². The van der Waals surface area contributed by atoms with Gasteiger partial charge >= 0.3 is 0 Å². The largest absolute Gasteiger partial charge is 0.248 e. The number of hydrogen-bond donors (Lipinski definition) is 0. The fourth-order valence-electron chi connectivity index (χ4n) is 0.788. The Morgan fingerprint density at radius 3 is 2.89 bits per heavy atom. The number of hydrogen-bond acceptors (Lipinski definition) is 3. The summed E-state index contributed by atoms with van der Waals surface area (Å²) in [5, 5.41) is 7.62. The molecule has 48 valence electrons. The Kier molecular flexibility index (Phi) is 1.19. The van der Waals surface area contributed by atoms with Crippen LogP contribution in [0.25, 0.3) is 0 Å². The molecule has 0 aromatic carbocycles. The lowest BCUT2D eigenvalue weighted by Crippen LogP contribution is -2.23. The Balaban J connectivity index is 2.14. The van der Waals surface area contributed by atoms with E-state index in [1.54, 1.807) is 6.20 Å². The molecule has 0 spiro atoms.